The summed E-state index contributed by atoms with van der Waals surface area (Å²) in [7, 11) is -2.36. The van der Waals surface area contributed by atoms with Gasteiger partial charge in [-0.15, -0.1) is 0 Å². The number of ether oxygens (including phenoxy) is 1. The molecule has 1 aliphatic carbocycles. The quantitative estimate of drug-likeness (QED) is 0.304. The first-order chi connectivity index (χ1) is 6.59. The Bertz CT molecular complexity index is 524. The lowest BCUT2D eigenvalue weighted by Crippen LogP contribution is -2.07. The van der Waals surface area contributed by atoms with Crippen LogP contribution in [0.15, 0.2) is 23.3 Å². The lowest BCUT2D eigenvalue weighted by Gasteiger charge is -2.01. The van der Waals surface area contributed by atoms with Crippen molar-refractivity contribution < 1.29 is 22.7 Å². The molecular weight excluding hydrogens is 208 g/mol. The van der Waals surface area contributed by atoms with Crippen LogP contribution in [0.3, 0.4) is 0 Å². The van der Waals surface area contributed by atoms with Crippen LogP contribution >= 0.6 is 0 Å². The van der Waals surface area contributed by atoms with Crippen molar-refractivity contribution >= 4 is 27.1 Å². The maximum Gasteiger partial charge on any atom is 0.346 e. The zero-order valence-electron chi connectivity index (χ0n) is 6.81. The smallest absolute Gasteiger partial charge is 0.346 e. The molecule has 1 aliphatic heterocycles. The van der Waals surface area contributed by atoms with Crippen LogP contribution in [0, 0.1) is 0 Å². The number of hydrogen-bond acceptors (Lipinski definition) is 5. The van der Waals surface area contributed by atoms with Crippen molar-refractivity contribution in [3.8, 4) is 0 Å². The Balaban J connectivity index is 2.54. The van der Waals surface area contributed by atoms with Gasteiger partial charge in [0.05, 0.1) is 16.0 Å². The van der Waals surface area contributed by atoms with Crippen molar-refractivity contribution in [1.29, 1.82) is 0 Å². The van der Waals surface area contributed by atoms with E-state index in [1.54, 1.807) is 0 Å². The van der Waals surface area contributed by atoms with Crippen LogP contribution in [0.5, 0.6) is 0 Å². The van der Waals surface area contributed by atoms with Crippen molar-refractivity contribution in [3.63, 3.8) is 0 Å². The third-order valence-corrected chi connectivity index (χ3v) is 2.69. The van der Waals surface area contributed by atoms with Gasteiger partial charge in [0.2, 0.25) is 10.3 Å². The monoisotopic (exact) mass is 212 g/mol. The number of rotatable bonds is 0. The maximum absolute atomic E-state index is 11.0. The van der Waals surface area contributed by atoms with Crippen LogP contribution in [0.25, 0.3) is 0 Å². The Hall–Kier alpha value is -1.69. The first-order valence-electron chi connectivity index (χ1n) is 3.72. The molecule has 0 aromatic carbocycles. The van der Waals surface area contributed by atoms with Gasteiger partial charge in [-0.1, -0.05) is 0 Å². The molecule has 5 nitrogen and oxygen atoms in total. The molecule has 0 saturated heterocycles. The summed E-state index contributed by atoms with van der Waals surface area (Å²) in [6, 6.07) is 0. The Labute approximate surface area is 80.2 Å². The fraction of sp³-hybridized carbons (Fsp3) is 0.125. The molecule has 1 heterocycles. The Morgan fingerprint density at radius 1 is 1.14 bits per heavy atom. The molecule has 0 atom stereocenters. The first kappa shape index (κ1) is 8.89. The maximum atomic E-state index is 11.0. The molecule has 0 bridgehead atoms. The molecule has 6 heteroatoms. The Kier molecular flexibility index (Phi) is 1.85. The third kappa shape index (κ3) is 1.20. The molecule has 0 fully saturated rings. The molecule has 0 aromatic heterocycles. The summed E-state index contributed by atoms with van der Waals surface area (Å²) >= 11 is 0. The zero-order chi connectivity index (χ0) is 10.3. The van der Waals surface area contributed by atoms with Crippen LogP contribution in [0.1, 0.15) is 6.42 Å². The minimum absolute atomic E-state index is 0.0630. The number of carbonyl (C=O) groups excluding carboxylic acids is 2. The van der Waals surface area contributed by atoms with Gasteiger partial charge in [-0.25, -0.2) is 9.59 Å². The van der Waals surface area contributed by atoms with Gasteiger partial charge in [0.1, 0.15) is 0 Å². The molecule has 2 aliphatic rings. The van der Waals surface area contributed by atoms with E-state index in [2.05, 4.69) is 4.74 Å². The molecule has 0 amide bonds. The van der Waals surface area contributed by atoms with Crippen LogP contribution in [0.4, 0.5) is 0 Å². The van der Waals surface area contributed by atoms with E-state index in [0.29, 0.717) is 0 Å². The third-order valence-electron chi connectivity index (χ3n) is 1.98. The molecule has 0 radical (unpaired) electrons. The van der Waals surface area contributed by atoms with Gasteiger partial charge in [-0.2, -0.15) is 8.42 Å². The molecule has 0 saturated carbocycles. The van der Waals surface area contributed by atoms with E-state index in [1.807, 2.05) is 0 Å². The van der Waals surface area contributed by atoms with Crippen molar-refractivity contribution in [2.75, 3.05) is 0 Å². The second-order valence-electron chi connectivity index (χ2n) is 2.78. The van der Waals surface area contributed by atoms with Crippen LogP contribution in [0.2, 0.25) is 0 Å². The predicted octanol–water partition coefficient (Wildman–Crippen LogP) is -0.622. The standard InChI is InChI=1S/C8H4O5S/c9-7-5-2-1-4(14(11)12)3-6(5)8(10)13-7/h1-2H,3H2. The highest BCUT2D eigenvalue weighted by molar-refractivity contribution is 7.73. The van der Waals surface area contributed by atoms with Gasteiger partial charge in [-0.05, 0) is 12.2 Å². The summed E-state index contributed by atoms with van der Waals surface area (Å²) < 4.78 is 25.5. The van der Waals surface area contributed by atoms with Gasteiger partial charge in [-0.3, -0.25) is 0 Å². The topological polar surface area (TPSA) is 77.5 Å². The van der Waals surface area contributed by atoms with E-state index >= 15 is 0 Å². The number of allylic oxidation sites excluding steroid dienone is 1. The summed E-state index contributed by atoms with van der Waals surface area (Å²) in [5.74, 6) is -1.46. The van der Waals surface area contributed by atoms with E-state index in [9.17, 15) is 18.0 Å². The van der Waals surface area contributed by atoms with Crippen molar-refractivity contribution in [1.82, 2.24) is 0 Å². The Morgan fingerprint density at radius 2 is 1.86 bits per heavy atom. The molecular formula is C8H4O5S. The van der Waals surface area contributed by atoms with E-state index in [0.717, 1.165) is 0 Å². The second kappa shape index (κ2) is 2.91. The van der Waals surface area contributed by atoms with Crippen LogP contribution in [-0.4, -0.2) is 25.2 Å². The lowest BCUT2D eigenvalue weighted by atomic mass is 10.00. The van der Waals surface area contributed by atoms with Crippen molar-refractivity contribution in [2.45, 2.75) is 6.42 Å². The molecule has 0 unspecified atom stereocenters. The number of carbonyl (C=O) groups is 2. The fourth-order valence-corrected chi connectivity index (χ4v) is 1.74. The number of hydrogen-bond donors (Lipinski definition) is 0. The summed E-state index contributed by atoms with van der Waals surface area (Å²) in [6.07, 6.45) is 2.52. The number of cyclic esters (lactones) is 2. The molecule has 0 N–H and O–H groups in total. The molecule has 14 heavy (non-hydrogen) atoms. The highest BCUT2D eigenvalue weighted by Crippen LogP contribution is 2.25. The molecule has 2 rings (SSSR count). The van der Waals surface area contributed by atoms with Crippen molar-refractivity contribution in [2.24, 2.45) is 0 Å². The average molecular weight is 212 g/mol. The second-order valence-corrected chi connectivity index (χ2v) is 3.77. The minimum atomic E-state index is -2.36. The van der Waals surface area contributed by atoms with Gasteiger partial charge in [0.25, 0.3) is 0 Å². The van der Waals surface area contributed by atoms with E-state index < -0.39 is 22.2 Å². The fourth-order valence-electron chi connectivity index (χ4n) is 1.29. The highest BCUT2D eigenvalue weighted by Gasteiger charge is 2.33. The summed E-state index contributed by atoms with van der Waals surface area (Å²) in [4.78, 5) is 22.1. The van der Waals surface area contributed by atoms with Gasteiger partial charge < -0.3 is 4.74 Å². The average Bonchev–Trinajstić information content (AvgIpc) is 2.42. The van der Waals surface area contributed by atoms with E-state index in [1.165, 1.54) is 12.2 Å². The SMILES string of the molecule is O=C1OC(=O)C2=C1C=CC(=S(=O)=O)C2. The van der Waals surface area contributed by atoms with Gasteiger partial charge >= 0.3 is 11.9 Å². The summed E-state index contributed by atoms with van der Waals surface area (Å²) in [6.45, 7) is 0. The van der Waals surface area contributed by atoms with Crippen LogP contribution in [-0.2, 0) is 24.6 Å². The summed E-state index contributed by atoms with van der Waals surface area (Å²) in [5, 5.41) is 0. The van der Waals surface area contributed by atoms with Crippen molar-refractivity contribution in [3.05, 3.63) is 23.3 Å². The Morgan fingerprint density at radius 3 is 2.50 bits per heavy atom. The molecule has 72 valence electrons. The van der Waals surface area contributed by atoms with E-state index in [-0.39, 0.29) is 22.4 Å². The number of esters is 2. The molecule has 0 aromatic rings. The van der Waals surface area contributed by atoms with Gasteiger partial charge in [0, 0.05) is 6.42 Å². The first-order valence-corrected chi connectivity index (χ1v) is 4.80. The molecule has 0 spiro atoms. The normalized spacial score (nSPS) is 19.9. The lowest BCUT2D eigenvalue weighted by molar-refractivity contribution is -0.150. The van der Waals surface area contributed by atoms with E-state index in [4.69, 9.17) is 0 Å². The van der Waals surface area contributed by atoms with Crippen LogP contribution < -0.4 is 0 Å². The summed E-state index contributed by atoms with van der Waals surface area (Å²) in [5.41, 5.74) is 0.279. The predicted molar refractivity (Wildman–Crippen MR) is 45.8 cm³/mol. The zero-order valence-corrected chi connectivity index (χ0v) is 7.63. The van der Waals surface area contributed by atoms with Gasteiger partial charge in [0.15, 0.2) is 0 Å². The minimum Gasteiger partial charge on any atom is -0.386 e. The largest absolute Gasteiger partial charge is 0.386 e. The highest BCUT2D eigenvalue weighted by atomic mass is 32.2.